The van der Waals surface area contributed by atoms with Crippen LogP contribution in [-0.2, 0) is 12.4 Å². The predicted molar refractivity (Wildman–Crippen MR) is 85.1 cm³/mol. The fourth-order valence-corrected chi connectivity index (χ4v) is 2.51. The first-order valence-corrected chi connectivity index (χ1v) is 7.46. The van der Waals surface area contributed by atoms with Gasteiger partial charge in [-0.25, -0.2) is 0 Å². The molecule has 26 heavy (non-hydrogen) atoms. The lowest BCUT2D eigenvalue weighted by molar-refractivity contribution is -0.143. The number of halogens is 6. The number of benzene rings is 2. The van der Waals surface area contributed by atoms with Gasteiger partial charge in [-0.3, -0.25) is 4.98 Å². The molecule has 3 rings (SSSR count). The summed E-state index contributed by atoms with van der Waals surface area (Å²) in [5.74, 6) is 0. The van der Waals surface area contributed by atoms with Crippen molar-refractivity contribution in [3.05, 3.63) is 78.0 Å². The van der Waals surface area contributed by atoms with Gasteiger partial charge in [-0.15, -0.1) is 0 Å². The molecular weight excluding hydrogens is 356 g/mol. The molecular formula is C19H11F6N. The van der Waals surface area contributed by atoms with E-state index < -0.39 is 23.5 Å². The van der Waals surface area contributed by atoms with Crippen LogP contribution in [0.2, 0.25) is 0 Å². The third kappa shape index (κ3) is 3.87. The van der Waals surface area contributed by atoms with E-state index in [2.05, 4.69) is 4.98 Å². The summed E-state index contributed by atoms with van der Waals surface area (Å²) in [6.07, 6.45) is -8.21. The topological polar surface area (TPSA) is 12.9 Å². The third-order valence-electron chi connectivity index (χ3n) is 3.74. The first kappa shape index (κ1) is 18.0. The highest BCUT2D eigenvalue weighted by molar-refractivity contribution is 5.72. The van der Waals surface area contributed by atoms with Crippen LogP contribution < -0.4 is 0 Å². The molecule has 7 heteroatoms. The Bertz CT molecular complexity index is 881. The maximum Gasteiger partial charge on any atom is 0.416 e. The van der Waals surface area contributed by atoms with Gasteiger partial charge in [0, 0.05) is 11.8 Å². The lowest BCUT2D eigenvalue weighted by Crippen LogP contribution is -2.11. The second-order valence-electron chi connectivity index (χ2n) is 5.59. The highest BCUT2D eigenvalue weighted by Crippen LogP contribution is 2.39. The Kier molecular flexibility index (Phi) is 4.48. The van der Waals surface area contributed by atoms with Crippen molar-refractivity contribution < 1.29 is 26.3 Å². The van der Waals surface area contributed by atoms with E-state index in [0.717, 1.165) is 0 Å². The normalized spacial score (nSPS) is 12.2. The number of hydrogen-bond donors (Lipinski definition) is 0. The minimum absolute atomic E-state index is 0.117. The molecule has 0 aliphatic heterocycles. The molecule has 0 saturated carbocycles. The van der Waals surface area contributed by atoms with Crippen LogP contribution in [0.25, 0.3) is 22.4 Å². The molecule has 1 aromatic heterocycles. The second-order valence-corrected chi connectivity index (χ2v) is 5.59. The van der Waals surface area contributed by atoms with E-state index in [0.29, 0.717) is 23.4 Å². The Morgan fingerprint density at radius 1 is 0.577 bits per heavy atom. The van der Waals surface area contributed by atoms with Gasteiger partial charge in [-0.05, 0) is 47.5 Å². The Balaban J connectivity index is 2.15. The average molecular weight is 367 g/mol. The quantitative estimate of drug-likeness (QED) is 0.474. The highest BCUT2D eigenvalue weighted by Gasteiger charge is 2.37. The van der Waals surface area contributed by atoms with Crippen LogP contribution in [0.4, 0.5) is 26.3 Å². The molecule has 1 heterocycles. The number of hydrogen-bond acceptors (Lipinski definition) is 1. The van der Waals surface area contributed by atoms with Gasteiger partial charge < -0.3 is 0 Å². The monoisotopic (exact) mass is 367 g/mol. The first-order valence-electron chi connectivity index (χ1n) is 7.46. The Morgan fingerprint density at radius 2 is 1.19 bits per heavy atom. The van der Waals surface area contributed by atoms with Crippen LogP contribution in [0.5, 0.6) is 0 Å². The number of aromatic nitrogens is 1. The molecule has 1 nitrogen and oxygen atoms in total. The van der Waals surface area contributed by atoms with E-state index in [1.54, 1.807) is 36.5 Å². The molecule has 0 aliphatic carbocycles. The number of nitrogens with zero attached hydrogens (tertiary/aromatic N) is 1. The summed E-state index contributed by atoms with van der Waals surface area (Å²) < 4.78 is 78.1. The van der Waals surface area contributed by atoms with Crippen molar-refractivity contribution in [3.8, 4) is 22.4 Å². The van der Waals surface area contributed by atoms with Gasteiger partial charge in [0.05, 0.1) is 16.8 Å². The number of alkyl halides is 6. The van der Waals surface area contributed by atoms with E-state index in [9.17, 15) is 26.3 Å². The lowest BCUT2D eigenvalue weighted by Gasteiger charge is -2.14. The summed E-state index contributed by atoms with van der Waals surface area (Å²) in [6.45, 7) is 0. The summed E-state index contributed by atoms with van der Waals surface area (Å²) >= 11 is 0. The van der Waals surface area contributed by atoms with Crippen LogP contribution in [0, 0.1) is 0 Å². The molecule has 134 valence electrons. The van der Waals surface area contributed by atoms with Crippen LogP contribution in [0.3, 0.4) is 0 Å². The first-order chi connectivity index (χ1) is 12.1. The predicted octanol–water partition coefficient (Wildman–Crippen LogP) is 6.45. The zero-order valence-corrected chi connectivity index (χ0v) is 13.1. The molecule has 0 aliphatic rings. The number of pyridine rings is 1. The van der Waals surface area contributed by atoms with Gasteiger partial charge in [-0.1, -0.05) is 24.3 Å². The van der Waals surface area contributed by atoms with E-state index in [-0.39, 0.29) is 17.2 Å². The van der Waals surface area contributed by atoms with Gasteiger partial charge in [0.1, 0.15) is 0 Å². The minimum atomic E-state index is -4.88. The molecule has 0 amide bonds. The molecule has 0 unspecified atom stereocenters. The average Bonchev–Trinajstić information content (AvgIpc) is 2.61. The molecule has 0 saturated heterocycles. The van der Waals surface area contributed by atoms with Crippen molar-refractivity contribution in [2.45, 2.75) is 12.4 Å². The maximum absolute atomic E-state index is 13.0. The molecule has 2 aromatic carbocycles. The van der Waals surface area contributed by atoms with E-state index in [4.69, 9.17) is 0 Å². The SMILES string of the molecule is FC(F)(F)c1cc(-c2cccc(-c3ccccn3)c2)cc(C(F)(F)F)c1. The lowest BCUT2D eigenvalue weighted by atomic mass is 9.97. The van der Waals surface area contributed by atoms with Crippen molar-refractivity contribution in [3.63, 3.8) is 0 Å². The fraction of sp³-hybridized carbons (Fsp3) is 0.105. The van der Waals surface area contributed by atoms with Gasteiger partial charge >= 0.3 is 12.4 Å². The third-order valence-corrected chi connectivity index (χ3v) is 3.74. The molecule has 0 bridgehead atoms. The van der Waals surface area contributed by atoms with Gasteiger partial charge in [0.15, 0.2) is 0 Å². The van der Waals surface area contributed by atoms with Crippen LogP contribution >= 0.6 is 0 Å². The van der Waals surface area contributed by atoms with Crippen molar-refractivity contribution >= 4 is 0 Å². The Labute approximate surface area is 144 Å². The van der Waals surface area contributed by atoms with Crippen LogP contribution in [0.1, 0.15) is 11.1 Å². The molecule has 0 atom stereocenters. The van der Waals surface area contributed by atoms with Crippen molar-refractivity contribution in [1.29, 1.82) is 0 Å². The summed E-state index contributed by atoms with van der Waals surface area (Å²) in [5.41, 5.74) is -1.45. The molecule has 0 spiro atoms. The zero-order valence-electron chi connectivity index (χ0n) is 13.1. The van der Waals surface area contributed by atoms with E-state index in [1.165, 1.54) is 12.1 Å². The van der Waals surface area contributed by atoms with Gasteiger partial charge in [-0.2, -0.15) is 26.3 Å². The molecule has 3 aromatic rings. The smallest absolute Gasteiger partial charge is 0.256 e. The summed E-state index contributed by atoms with van der Waals surface area (Å²) in [4.78, 5) is 4.14. The summed E-state index contributed by atoms with van der Waals surface area (Å²) in [7, 11) is 0. The standard InChI is InChI=1S/C19H11F6N/c20-18(21,22)15-9-14(10-16(11-15)19(23,24)25)12-4-3-5-13(8-12)17-6-1-2-7-26-17/h1-11H. The minimum Gasteiger partial charge on any atom is -0.256 e. The van der Waals surface area contributed by atoms with E-state index >= 15 is 0 Å². The Morgan fingerprint density at radius 3 is 1.73 bits per heavy atom. The van der Waals surface area contributed by atoms with Crippen LogP contribution in [0.15, 0.2) is 66.9 Å². The highest BCUT2D eigenvalue weighted by atomic mass is 19.4. The molecule has 0 fully saturated rings. The van der Waals surface area contributed by atoms with Gasteiger partial charge in [0.25, 0.3) is 0 Å². The van der Waals surface area contributed by atoms with Crippen molar-refractivity contribution in [2.24, 2.45) is 0 Å². The van der Waals surface area contributed by atoms with E-state index in [1.807, 2.05) is 0 Å². The summed E-state index contributed by atoms with van der Waals surface area (Å²) in [5, 5.41) is 0. The van der Waals surface area contributed by atoms with Crippen LogP contribution in [-0.4, -0.2) is 4.98 Å². The zero-order chi connectivity index (χ0) is 18.9. The van der Waals surface area contributed by atoms with Gasteiger partial charge in [0.2, 0.25) is 0 Å². The van der Waals surface area contributed by atoms with Crippen molar-refractivity contribution in [1.82, 2.24) is 4.98 Å². The molecule has 0 N–H and O–H groups in total. The summed E-state index contributed by atoms with van der Waals surface area (Å²) in [6, 6.07) is 12.9. The molecule has 0 radical (unpaired) electrons. The maximum atomic E-state index is 13.0. The Hall–Kier alpha value is -2.83. The second kappa shape index (κ2) is 6.48. The largest absolute Gasteiger partial charge is 0.416 e. The van der Waals surface area contributed by atoms with Crippen molar-refractivity contribution in [2.75, 3.05) is 0 Å². The fourth-order valence-electron chi connectivity index (χ4n) is 2.51. The number of rotatable bonds is 2.